The molecule has 1 rings (SSSR count). The maximum atomic E-state index is 4.55. The van der Waals surface area contributed by atoms with Crippen LogP contribution in [-0.2, 0) is 0 Å². The molecule has 0 amide bonds. The Balaban J connectivity index is 0.00000121. The summed E-state index contributed by atoms with van der Waals surface area (Å²) in [6.07, 6.45) is 0. The highest BCUT2D eigenvalue weighted by Crippen LogP contribution is 2.21. The Bertz CT molecular complexity index is 322. The number of hydrogen-bond donors (Lipinski definition) is 1. The van der Waals surface area contributed by atoms with Gasteiger partial charge >= 0.3 is 0 Å². The van der Waals surface area contributed by atoms with Gasteiger partial charge in [0.2, 0.25) is 0 Å². The molecular weight excluding hydrogens is 210 g/mol. The smallest absolute Gasteiger partial charge is 0.145 e. The molecule has 3 heteroatoms. The summed E-state index contributed by atoms with van der Waals surface area (Å²) in [6.45, 7) is 14.6. The van der Waals surface area contributed by atoms with E-state index in [-0.39, 0.29) is 6.04 Å². The Labute approximate surface area is 106 Å². The standard InChI is InChI=1S/C12H21N3.C2H6/c1-7(2)11-8(3)14-12(10(5)13-6)15-9(11)4;1-2/h7,10,13H,1-6H3;1-2H3. The Kier molecular flexibility index (Phi) is 6.97. The predicted molar refractivity (Wildman–Crippen MR) is 74.4 cm³/mol. The Morgan fingerprint density at radius 2 is 1.35 bits per heavy atom. The van der Waals surface area contributed by atoms with Crippen LogP contribution >= 0.6 is 0 Å². The number of hydrogen-bond acceptors (Lipinski definition) is 3. The van der Waals surface area contributed by atoms with Crippen molar-refractivity contribution in [2.45, 2.75) is 60.4 Å². The van der Waals surface area contributed by atoms with Crippen molar-refractivity contribution >= 4 is 0 Å². The lowest BCUT2D eigenvalue weighted by Gasteiger charge is -2.16. The average molecular weight is 237 g/mol. The van der Waals surface area contributed by atoms with Gasteiger partial charge in [-0.05, 0) is 39.3 Å². The molecule has 0 spiro atoms. The highest BCUT2D eigenvalue weighted by atomic mass is 15.0. The maximum Gasteiger partial charge on any atom is 0.145 e. The zero-order valence-corrected chi connectivity index (χ0v) is 12.5. The van der Waals surface area contributed by atoms with Crippen molar-refractivity contribution in [3.63, 3.8) is 0 Å². The SMILES string of the molecule is CC.CNC(C)c1nc(C)c(C(C)C)c(C)n1. The molecule has 0 aromatic carbocycles. The van der Waals surface area contributed by atoms with E-state index in [1.165, 1.54) is 5.56 Å². The van der Waals surface area contributed by atoms with Gasteiger partial charge in [-0.15, -0.1) is 0 Å². The van der Waals surface area contributed by atoms with Crippen molar-refractivity contribution < 1.29 is 0 Å². The van der Waals surface area contributed by atoms with Gasteiger partial charge in [0.1, 0.15) is 5.82 Å². The Hall–Kier alpha value is -0.960. The zero-order valence-electron chi connectivity index (χ0n) is 12.5. The summed E-state index contributed by atoms with van der Waals surface area (Å²) in [4.78, 5) is 9.10. The van der Waals surface area contributed by atoms with Gasteiger partial charge in [-0.3, -0.25) is 0 Å². The third-order valence-electron chi connectivity index (χ3n) is 2.74. The molecule has 1 aromatic rings. The minimum atomic E-state index is 0.212. The molecule has 98 valence electrons. The second-order valence-corrected chi connectivity index (χ2v) is 4.33. The first-order valence-corrected chi connectivity index (χ1v) is 6.49. The summed E-state index contributed by atoms with van der Waals surface area (Å²) in [5.74, 6) is 1.38. The van der Waals surface area contributed by atoms with Gasteiger partial charge in [0, 0.05) is 11.4 Å². The van der Waals surface area contributed by atoms with E-state index in [0.717, 1.165) is 17.2 Å². The van der Waals surface area contributed by atoms with E-state index in [2.05, 4.69) is 49.9 Å². The first-order valence-electron chi connectivity index (χ1n) is 6.49. The monoisotopic (exact) mass is 237 g/mol. The van der Waals surface area contributed by atoms with Crippen LogP contribution in [-0.4, -0.2) is 17.0 Å². The molecule has 0 fully saturated rings. The van der Waals surface area contributed by atoms with Crippen LogP contribution in [0.1, 0.15) is 69.4 Å². The molecule has 1 heterocycles. The van der Waals surface area contributed by atoms with Crippen molar-refractivity contribution in [3.05, 3.63) is 22.8 Å². The fraction of sp³-hybridized carbons (Fsp3) is 0.714. The molecule has 0 saturated heterocycles. The zero-order chi connectivity index (χ0) is 13.6. The number of aromatic nitrogens is 2. The maximum absolute atomic E-state index is 4.55. The van der Waals surface area contributed by atoms with Crippen LogP contribution in [0.25, 0.3) is 0 Å². The van der Waals surface area contributed by atoms with Crippen molar-refractivity contribution in [1.82, 2.24) is 15.3 Å². The molecule has 1 atom stereocenters. The number of nitrogens with one attached hydrogen (secondary N) is 1. The van der Waals surface area contributed by atoms with Crippen LogP contribution in [0.5, 0.6) is 0 Å². The fourth-order valence-electron chi connectivity index (χ4n) is 1.91. The lowest BCUT2D eigenvalue weighted by atomic mass is 10.00. The molecule has 0 radical (unpaired) electrons. The number of rotatable bonds is 3. The van der Waals surface area contributed by atoms with E-state index in [4.69, 9.17) is 0 Å². The van der Waals surface area contributed by atoms with E-state index < -0.39 is 0 Å². The van der Waals surface area contributed by atoms with Gasteiger partial charge in [-0.2, -0.15) is 0 Å². The molecule has 0 aliphatic heterocycles. The minimum Gasteiger partial charge on any atom is -0.311 e. The Morgan fingerprint density at radius 1 is 0.941 bits per heavy atom. The molecule has 17 heavy (non-hydrogen) atoms. The third kappa shape index (κ3) is 4.08. The van der Waals surface area contributed by atoms with Crippen molar-refractivity contribution in [1.29, 1.82) is 0 Å². The van der Waals surface area contributed by atoms with E-state index in [9.17, 15) is 0 Å². The van der Waals surface area contributed by atoms with Gasteiger partial charge in [-0.1, -0.05) is 27.7 Å². The third-order valence-corrected chi connectivity index (χ3v) is 2.74. The van der Waals surface area contributed by atoms with Crippen molar-refractivity contribution in [2.75, 3.05) is 7.05 Å². The summed E-state index contributed by atoms with van der Waals surface area (Å²) in [5.41, 5.74) is 3.49. The van der Waals surface area contributed by atoms with Gasteiger partial charge in [0.05, 0.1) is 6.04 Å². The summed E-state index contributed by atoms with van der Waals surface area (Å²) in [5, 5.41) is 3.16. The molecule has 3 nitrogen and oxygen atoms in total. The van der Waals surface area contributed by atoms with Gasteiger partial charge in [-0.25, -0.2) is 9.97 Å². The molecule has 0 aliphatic carbocycles. The van der Waals surface area contributed by atoms with Crippen LogP contribution in [0.15, 0.2) is 0 Å². The second-order valence-electron chi connectivity index (χ2n) is 4.33. The lowest BCUT2D eigenvalue weighted by Crippen LogP contribution is -2.18. The van der Waals surface area contributed by atoms with E-state index in [0.29, 0.717) is 5.92 Å². The van der Waals surface area contributed by atoms with Crippen LogP contribution < -0.4 is 5.32 Å². The summed E-state index contributed by atoms with van der Waals surface area (Å²) in [7, 11) is 1.93. The summed E-state index contributed by atoms with van der Waals surface area (Å²) >= 11 is 0. The molecule has 0 saturated carbocycles. The molecule has 1 unspecified atom stereocenters. The Morgan fingerprint density at radius 3 is 1.65 bits per heavy atom. The molecule has 0 bridgehead atoms. The number of aryl methyl sites for hydroxylation is 2. The van der Waals surface area contributed by atoms with Gasteiger partial charge in [0.25, 0.3) is 0 Å². The van der Waals surface area contributed by atoms with E-state index in [1.54, 1.807) is 0 Å². The van der Waals surface area contributed by atoms with Crippen LogP contribution in [0.4, 0.5) is 0 Å². The van der Waals surface area contributed by atoms with Crippen LogP contribution in [0, 0.1) is 13.8 Å². The van der Waals surface area contributed by atoms with Gasteiger partial charge in [0.15, 0.2) is 0 Å². The quantitative estimate of drug-likeness (QED) is 0.874. The highest BCUT2D eigenvalue weighted by Gasteiger charge is 2.14. The predicted octanol–water partition coefficient (Wildman–Crippen LogP) is 3.52. The first-order chi connectivity index (χ1) is 7.97. The minimum absolute atomic E-state index is 0.212. The molecule has 0 aliphatic rings. The van der Waals surface area contributed by atoms with Gasteiger partial charge < -0.3 is 5.32 Å². The van der Waals surface area contributed by atoms with E-state index >= 15 is 0 Å². The molecular formula is C14H27N3. The topological polar surface area (TPSA) is 37.8 Å². The summed E-state index contributed by atoms with van der Waals surface area (Å²) in [6, 6.07) is 0.212. The lowest BCUT2D eigenvalue weighted by molar-refractivity contribution is 0.600. The van der Waals surface area contributed by atoms with Crippen LogP contribution in [0.2, 0.25) is 0 Å². The highest BCUT2D eigenvalue weighted by molar-refractivity contribution is 5.27. The van der Waals surface area contributed by atoms with E-state index in [1.807, 2.05) is 20.9 Å². The second kappa shape index (κ2) is 7.38. The first kappa shape index (κ1) is 16.0. The molecule has 1 N–H and O–H groups in total. The van der Waals surface area contributed by atoms with Crippen molar-refractivity contribution in [2.24, 2.45) is 0 Å². The fourth-order valence-corrected chi connectivity index (χ4v) is 1.91. The average Bonchev–Trinajstić information content (AvgIpc) is 2.29. The number of nitrogens with zero attached hydrogens (tertiary/aromatic N) is 2. The largest absolute Gasteiger partial charge is 0.311 e. The molecule has 1 aromatic heterocycles. The summed E-state index contributed by atoms with van der Waals surface area (Å²) < 4.78 is 0. The van der Waals surface area contributed by atoms with Crippen LogP contribution in [0.3, 0.4) is 0 Å². The van der Waals surface area contributed by atoms with Crippen molar-refractivity contribution in [3.8, 4) is 0 Å². The normalized spacial score (nSPS) is 12.1.